The highest BCUT2D eigenvalue weighted by Crippen LogP contribution is 2.28. The van der Waals surface area contributed by atoms with Crippen molar-refractivity contribution in [2.24, 2.45) is 0 Å². The van der Waals surface area contributed by atoms with Crippen LogP contribution < -0.4 is 4.90 Å². The van der Waals surface area contributed by atoms with Crippen LogP contribution >= 0.6 is 23.4 Å². The zero-order valence-electron chi connectivity index (χ0n) is 16.8. The summed E-state index contributed by atoms with van der Waals surface area (Å²) in [7, 11) is 0. The van der Waals surface area contributed by atoms with Crippen LogP contribution in [0.5, 0.6) is 0 Å². The number of thioether (sulfide) groups is 1. The highest BCUT2D eigenvalue weighted by molar-refractivity contribution is 7.98. The molecule has 0 radical (unpaired) electrons. The molecule has 1 fully saturated rings. The molecule has 160 valence electrons. The van der Waals surface area contributed by atoms with Gasteiger partial charge in [-0.2, -0.15) is 4.98 Å². The van der Waals surface area contributed by atoms with Gasteiger partial charge in [-0.3, -0.25) is 4.57 Å². The monoisotopic (exact) mass is 456 g/mol. The van der Waals surface area contributed by atoms with Crippen molar-refractivity contribution in [2.45, 2.75) is 36.7 Å². The van der Waals surface area contributed by atoms with Gasteiger partial charge in [-0.25, -0.2) is 0 Å². The topological polar surface area (TPSA) is 86.0 Å². The third kappa shape index (κ3) is 4.62. The lowest BCUT2D eigenvalue weighted by Gasteiger charge is -2.27. The van der Waals surface area contributed by atoms with Crippen molar-refractivity contribution < 1.29 is 8.94 Å². The number of hydrogen-bond acceptors (Lipinski definition) is 8. The summed E-state index contributed by atoms with van der Waals surface area (Å²) in [5, 5.41) is 14.5. The van der Waals surface area contributed by atoms with Crippen LogP contribution in [0.4, 0.5) is 5.95 Å². The van der Waals surface area contributed by atoms with Gasteiger partial charge in [-0.1, -0.05) is 28.5 Å². The van der Waals surface area contributed by atoms with Gasteiger partial charge in [0.1, 0.15) is 5.76 Å². The summed E-state index contributed by atoms with van der Waals surface area (Å²) in [6.07, 6.45) is 5.29. The first-order valence-corrected chi connectivity index (χ1v) is 11.5. The van der Waals surface area contributed by atoms with Crippen molar-refractivity contribution in [2.75, 3.05) is 18.0 Å². The zero-order valence-corrected chi connectivity index (χ0v) is 18.3. The second-order valence-electron chi connectivity index (χ2n) is 7.30. The molecule has 5 rings (SSSR count). The van der Waals surface area contributed by atoms with Gasteiger partial charge in [0.05, 0.1) is 18.6 Å². The molecule has 0 unspecified atom stereocenters. The summed E-state index contributed by atoms with van der Waals surface area (Å²) < 4.78 is 13.1. The Balaban J connectivity index is 1.34. The Morgan fingerprint density at radius 3 is 2.65 bits per heavy atom. The van der Waals surface area contributed by atoms with Gasteiger partial charge in [0.15, 0.2) is 5.16 Å². The molecule has 0 saturated carbocycles. The minimum Gasteiger partial charge on any atom is -0.467 e. The molecule has 1 aliphatic heterocycles. The van der Waals surface area contributed by atoms with Crippen LogP contribution in [0.15, 0.2) is 56.8 Å². The van der Waals surface area contributed by atoms with Gasteiger partial charge in [-0.15, -0.1) is 10.2 Å². The first-order chi connectivity index (χ1) is 15.3. The van der Waals surface area contributed by atoms with Crippen molar-refractivity contribution in [1.29, 1.82) is 0 Å². The molecule has 4 aromatic rings. The molecular weight excluding hydrogens is 436 g/mol. The van der Waals surface area contributed by atoms with Crippen LogP contribution in [0.3, 0.4) is 0 Å². The second kappa shape index (κ2) is 9.15. The van der Waals surface area contributed by atoms with Crippen molar-refractivity contribution in [3.8, 4) is 11.4 Å². The summed E-state index contributed by atoms with van der Waals surface area (Å²) in [6, 6.07) is 11.2. The molecule has 31 heavy (non-hydrogen) atoms. The van der Waals surface area contributed by atoms with E-state index in [1.165, 1.54) is 31.0 Å². The maximum Gasteiger partial charge on any atom is 0.237 e. The summed E-state index contributed by atoms with van der Waals surface area (Å²) in [5.41, 5.74) is 0.859. The standard InChI is InChI=1S/C21H21ClN6O2S/c22-16-8-6-15(7-9-16)19-23-18(30-26-19)14-31-21-25-24-20(27-10-2-1-3-11-27)28(21)13-17-5-4-12-29-17/h4-9,12H,1-3,10-11,13-14H2. The Morgan fingerprint density at radius 2 is 1.87 bits per heavy atom. The van der Waals surface area contributed by atoms with Crippen LogP contribution in [-0.2, 0) is 12.3 Å². The highest BCUT2D eigenvalue weighted by Gasteiger charge is 2.22. The van der Waals surface area contributed by atoms with E-state index in [4.69, 9.17) is 20.5 Å². The van der Waals surface area contributed by atoms with Crippen LogP contribution in [0.25, 0.3) is 11.4 Å². The average molecular weight is 457 g/mol. The third-order valence-corrected chi connectivity index (χ3v) is 6.33. The molecule has 0 N–H and O–H groups in total. The first kappa shape index (κ1) is 20.1. The molecule has 0 aliphatic carbocycles. The fraction of sp³-hybridized carbons (Fsp3) is 0.333. The Labute approximate surface area is 188 Å². The average Bonchev–Trinajstić information content (AvgIpc) is 3.56. The quantitative estimate of drug-likeness (QED) is 0.363. The summed E-state index contributed by atoms with van der Waals surface area (Å²) in [6.45, 7) is 2.57. The second-order valence-corrected chi connectivity index (χ2v) is 8.68. The molecule has 10 heteroatoms. The van der Waals surface area contributed by atoms with Crippen LogP contribution in [0.2, 0.25) is 5.02 Å². The van der Waals surface area contributed by atoms with E-state index in [0.29, 0.717) is 29.0 Å². The van der Waals surface area contributed by atoms with E-state index in [9.17, 15) is 0 Å². The minimum atomic E-state index is 0.497. The SMILES string of the molecule is Clc1ccc(-c2noc(CSc3nnc(N4CCCCC4)n3Cc3ccco3)n2)cc1. The number of benzene rings is 1. The number of rotatable bonds is 7. The first-order valence-electron chi connectivity index (χ1n) is 10.2. The van der Waals surface area contributed by atoms with E-state index >= 15 is 0 Å². The summed E-state index contributed by atoms with van der Waals surface area (Å²) in [4.78, 5) is 6.80. The maximum absolute atomic E-state index is 5.95. The fourth-order valence-corrected chi connectivity index (χ4v) is 4.46. The van der Waals surface area contributed by atoms with Gasteiger partial charge in [0.2, 0.25) is 17.7 Å². The lowest BCUT2D eigenvalue weighted by atomic mass is 10.1. The van der Waals surface area contributed by atoms with Crippen molar-refractivity contribution in [1.82, 2.24) is 24.9 Å². The Hall–Kier alpha value is -2.78. The van der Waals surface area contributed by atoms with Crippen molar-refractivity contribution >= 4 is 29.3 Å². The van der Waals surface area contributed by atoms with Gasteiger partial charge < -0.3 is 13.8 Å². The van der Waals surface area contributed by atoms with Crippen molar-refractivity contribution in [3.05, 3.63) is 59.3 Å². The molecule has 0 bridgehead atoms. The molecule has 3 aromatic heterocycles. The van der Waals surface area contributed by atoms with E-state index in [1.54, 1.807) is 18.4 Å². The molecule has 0 amide bonds. The molecular formula is C21H21ClN6O2S. The third-order valence-electron chi connectivity index (χ3n) is 5.13. The van der Waals surface area contributed by atoms with E-state index in [2.05, 4.69) is 29.8 Å². The lowest BCUT2D eigenvalue weighted by Crippen LogP contribution is -2.32. The molecule has 0 spiro atoms. The van der Waals surface area contributed by atoms with Gasteiger partial charge in [-0.05, 0) is 55.7 Å². The van der Waals surface area contributed by atoms with E-state index in [-0.39, 0.29) is 0 Å². The van der Waals surface area contributed by atoms with Gasteiger partial charge in [0, 0.05) is 23.7 Å². The minimum absolute atomic E-state index is 0.497. The smallest absolute Gasteiger partial charge is 0.237 e. The Morgan fingerprint density at radius 1 is 1.03 bits per heavy atom. The maximum atomic E-state index is 5.95. The molecule has 1 saturated heterocycles. The Bertz CT molecular complexity index is 1120. The largest absolute Gasteiger partial charge is 0.467 e. The number of anilines is 1. The van der Waals surface area contributed by atoms with Gasteiger partial charge in [0.25, 0.3) is 0 Å². The molecule has 1 aliphatic rings. The number of aromatic nitrogens is 5. The molecule has 4 heterocycles. The number of halogens is 1. The predicted molar refractivity (Wildman–Crippen MR) is 118 cm³/mol. The van der Waals surface area contributed by atoms with Gasteiger partial charge >= 0.3 is 0 Å². The van der Waals surface area contributed by atoms with Crippen molar-refractivity contribution in [3.63, 3.8) is 0 Å². The molecule has 1 aromatic carbocycles. The predicted octanol–water partition coefficient (Wildman–Crippen LogP) is 4.91. The highest BCUT2D eigenvalue weighted by atomic mass is 35.5. The number of piperidine rings is 1. The summed E-state index contributed by atoms with van der Waals surface area (Å²) in [5.74, 6) is 3.31. The lowest BCUT2D eigenvalue weighted by molar-refractivity contribution is 0.391. The number of furan rings is 1. The van der Waals surface area contributed by atoms with Crippen LogP contribution in [-0.4, -0.2) is 38.0 Å². The van der Waals surface area contributed by atoms with Crippen LogP contribution in [0, 0.1) is 0 Å². The summed E-state index contributed by atoms with van der Waals surface area (Å²) >= 11 is 7.47. The normalized spacial score (nSPS) is 14.3. The van der Waals surface area contributed by atoms with Crippen LogP contribution in [0.1, 0.15) is 30.9 Å². The van der Waals surface area contributed by atoms with E-state index in [1.807, 2.05) is 24.3 Å². The fourth-order valence-electron chi connectivity index (χ4n) is 3.57. The molecule has 8 nitrogen and oxygen atoms in total. The molecule has 0 atom stereocenters. The van der Waals surface area contributed by atoms with E-state index in [0.717, 1.165) is 35.5 Å². The zero-order chi connectivity index (χ0) is 21.0. The number of hydrogen-bond donors (Lipinski definition) is 0. The number of nitrogens with zero attached hydrogens (tertiary/aromatic N) is 6. The Kier molecular flexibility index (Phi) is 5.95. The van der Waals surface area contributed by atoms with E-state index < -0.39 is 0 Å².